The second kappa shape index (κ2) is 4.41. The van der Waals surface area contributed by atoms with E-state index >= 15 is 0 Å². The molecular weight excluding hydrogens is 224 g/mol. The van der Waals surface area contributed by atoms with Gasteiger partial charge in [0.1, 0.15) is 5.52 Å². The van der Waals surface area contributed by atoms with Gasteiger partial charge in [-0.1, -0.05) is 47.7 Å². The van der Waals surface area contributed by atoms with Crippen molar-refractivity contribution in [3.63, 3.8) is 0 Å². The van der Waals surface area contributed by atoms with E-state index in [1.807, 2.05) is 54.6 Å². The van der Waals surface area contributed by atoms with Crippen LogP contribution in [0.2, 0.25) is 0 Å². The molecule has 4 nitrogen and oxygen atoms in total. The molecule has 0 aliphatic rings. The Morgan fingerprint density at radius 1 is 1.00 bits per heavy atom. The van der Waals surface area contributed by atoms with Crippen molar-refractivity contribution in [3.05, 3.63) is 60.2 Å². The molecule has 3 aromatic rings. The molecule has 0 spiro atoms. The maximum Gasteiger partial charge on any atom is 0.158 e. The third-order valence-electron chi connectivity index (χ3n) is 2.80. The van der Waals surface area contributed by atoms with E-state index < -0.39 is 0 Å². The molecule has 88 valence electrons. The third-order valence-corrected chi connectivity index (χ3v) is 2.80. The summed E-state index contributed by atoms with van der Waals surface area (Å²) in [7, 11) is 1.76. The second-order valence-corrected chi connectivity index (χ2v) is 3.90. The number of aliphatic imine (C=N–C) groups is 1. The summed E-state index contributed by atoms with van der Waals surface area (Å²) in [5.74, 6) is 0.796. The summed E-state index contributed by atoms with van der Waals surface area (Å²) in [6.07, 6.45) is 0. The molecule has 0 atom stereocenters. The quantitative estimate of drug-likeness (QED) is 0.481. The molecule has 0 aliphatic carbocycles. The van der Waals surface area contributed by atoms with E-state index in [2.05, 4.69) is 15.3 Å². The van der Waals surface area contributed by atoms with Crippen LogP contribution in [0.3, 0.4) is 0 Å². The van der Waals surface area contributed by atoms with E-state index in [-0.39, 0.29) is 0 Å². The molecule has 0 fully saturated rings. The average molecular weight is 236 g/mol. The fourth-order valence-corrected chi connectivity index (χ4v) is 1.96. The minimum absolute atomic E-state index is 0.796. The average Bonchev–Trinajstić information content (AvgIpc) is 2.85. The monoisotopic (exact) mass is 236 g/mol. The van der Waals surface area contributed by atoms with Crippen molar-refractivity contribution in [3.8, 4) is 0 Å². The van der Waals surface area contributed by atoms with Crippen LogP contribution in [0.5, 0.6) is 0 Å². The van der Waals surface area contributed by atoms with Gasteiger partial charge < -0.3 is 0 Å². The highest BCUT2D eigenvalue weighted by atomic mass is 15.4. The molecule has 1 heterocycles. The Bertz CT molecular complexity index is 698. The zero-order valence-corrected chi connectivity index (χ0v) is 9.99. The van der Waals surface area contributed by atoms with E-state index in [1.165, 1.54) is 0 Å². The minimum atomic E-state index is 0.796. The van der Waals surface area contributed by atoms with Gasteiger partial charge in [0.2, 0.25) is 0 Å². The summed E-state index contributed by atoms with van der Waals surface area (Å²) < 4.78 is 1.77. The highest BCUT2D eigenvalue weighted by molar-refractivity contribution is 6.03. The van der Waals surface area contributed by atoms with Gasteiger partial charge in [-0.15, -0.1) is 5.10 Å². The van der Waals surface area contributed by atoms with Crippen LogP contribution in [0, 0.1) is 0 Å². The van der Waals surface area contributed by atoms with Crippen molar-refractivity contribution in [1.82, 2.24) is 15.0 Å². The highest BCUT2D eigenvalue weighted by Gasteiger charge is 2.10. The van der Waals surface area contributed by atoms with Crippen molar-refractivity contribution in [2.24, 2.45) is 4.99 Å². The highest BCUT2D eigenvalue weighted by Crippen LogP contribution is 2.12. The fraction of sp³-hybridized carbons (Fsp3) is 0.0714. The normalized spacial score (nSPS) is 11.9. The van der Waals surface area contributed by atoms with E-state index in [1.54, 1.807) is 11.7 Å². The van der Waals surface area contributed by atoms with E-state index in [0.717, 1.165) is 22.4 Å². The van der Waals surface area contributed by atoms with Gasteiger partial charge >= 0.3 is 0 Å². The second-order valence-electron chi connectivity index (χ2n) is 3.90. The van der Waals surface area contributed by atoms with Gasteiger partial charge in [-0.2, -0.15) is 4.68 Å². The fourth-order valence-electron chi connectivity index (χ4n) is 1.96. The van der Waals surface area contributed by atoms with Crippen molar-refractivity contribution in [1.29, 1.82) is 0 Å². The molecule has 4 heteroatoms. The number of aromatic nitrogens is 3. The van der Waals surface area contributed by atoms with E-state index in [9.17, 15) is 0 Å². The molecule has 3 rings (SSSR count). The van der Waals surface area contributed by atoms with Crippen molar-refractivity contribution in [2.75, 3.05) is 7.05 Å². The molecule has 0 unspecified atom stereocenters. The zero-order valence-electron chi connectivity index (χ0n) is 9.99. The molecule has 0 amide bonds. The molecular formula is C14H12N4. The summed E-state index contributed by atoms with van der Waals surface area (Å²) in [6.45, 7) is 0. The number of hydrogen-bond acceptors (Lipinski definition) is 3. The maximum atomic E-state index is 4.33. The first-order chi connectivity index (χ1) is 8.90. The zero-order chi connectivity index (χ0) is 12.4. The van der Waals surface area contributed by atoms with Gasteiger partial charge in [0.25, 0.3) is 0 Å². The van der Waals surface area contributed by atoms with Gasteiger partial charge in [0, 0.05) is 12.6 Å². The lowest BCUT2D eigenvalue weighted by molar-refractivity contribution is 0.859. The van der Waals surface area contributed by atoms with Crippen LogP contribution in [-0.4, -0.2) is 27.9 Å². The molecule has 0 saturated carbocycles. The Hall–Kier alpha value is -2.49. The summed E-state index contributed by atoms with van der Waals surface area (Å²) in [5.41, 5.74) is 2.85. The molecule has 0 saturated heterocycles. The molecule has 0 radical (unpaired) electrons. The lowest BCUT2D eigenvalue weighted by Crippen LogP contribution is -2.15. The largest absolute Gasteiger partial charge is 0.270 e. The van der Waals surface area contributed by atoms with Crippen LogP contribution in [-0.2, 0) is 0 Å². The first-order valence-electron chi connectivity index (χ1n) is 5.73. The summed E-state index contributed by atoms with van der Waals surface area (Å²) in [5, 5.41) is 8.32. The molecule has 1 aromatic heterocycles. The smallest absolute Gasteiger partial charge is 0.158 e. The van der Waals surface area contributed by atoms with Crippen LogP contribution in [0.1, 0.15) is 5.56 Å². The Kier molecular flexibility index (Phi) is 2.61. The molecule has 2 aromatic carbocycles. The molecule has 0 aliphatic heterocycles. The van der Waals surface area contributed by atoms with E-state index in [0.29, 0.717) is 0 Å². The molecule has 0 bridgehead atoms. The van der Waals surface area contributed by atoms with Gasteiger partial charge in [0.05, 0.1) is 5.52 Å². The van der Waals surface area contributed by atoms with Crippen LogP contribution in [0.4, 0.5) is 0 Å². The topological polar surface area (TPSA) is 43.1 Å². The molecule has 0 N–H and O–H groups in total. The Morgan fingerprint density at radius 2 is 1.72 bits per heavy atom. The SMILES string of the molecule is CN=C(c1ccccc1)n1nnc2ccccc21. The van der Waals surface area contributed by atoms with Crippen LogP contribution >= 0.6 is 0 Å². The number of hydrogen-bond donors (Lipinski definition) is 0. The molecule has 18 heavy (non-hydrogen) atoms. The number of nitrogens with zero attached hydrogens (tertiary/aromatic N) is 4. The predicted molar refractivity (Wildman–Crippen MR) is 71.8 cm³/mol. The Morgan fingerprint density at radius 3 is 2.50 bits per heavy atom. The summed E-state index contributed by atoms with van der Waals surface area (Å²) in [6, 6.07) is 17.8. The lowest BCUT2D eigenvalue weighted by Gasteiger charge is -2.05. The van der Waals surface area contributed by atoms with Gasteiger partial charge in [-0.25, -0.2) is 0 Å². The summed E-state index contributed by atoms with van der Waals surface area (Å²) in [4.78, 5) is 4.33. The number of rotatable bonds is 1. The van der Waals surface area contributed by atoms with Gasteiger partial charge in [-0.05, 0) is 12.1 Å². The minimum Gasteiger partial charge on any atom is -0.270 e. The Labute approximate surface area is 105 Å². The number of benzene rings is 2. The number of fused-ring (bicyclic) bond motifs is 1. The standard InChI is InChI=1S/C14H12N4/c1-15-14(11-7-3-2-4-8-11)18-13-10-6-5-9-12(13)16-17-18/h2-10H,1H3. The first kappa shape index (κ1) is 10.7. The predicted octanol–water partition coefficient (Wildman–Crippen LogP) is 2.36. The lowest BCUT2D eigenvalue weighted by atomic mass is 10.2. The maximum absolute atomic E-state index is 4.33. The van der Waals surface area contributed by atoms with E-state index in [4.69, 9.17) is 0 Å². The van der Waals surface area contributed by atoms with Gasteiger partial charge in [0.15, 0.2) is 5.84 Å². The van der Waals surface area contributed by atoms with Crippen molar-refractivity contribution < 1.29 is 0 Å². The van der Waals surface area contributed by atoms with Crippen LogP contribution < -0.4 is 0 Å². The van der Waals surface area contributed by atoms with Gasteiger partial charge in [-0.3, -0.25) is 4.99 Å². The van der Waals surface area contributed by atoms with Crippen molar-refractivity contribution in [2.45, 2.75) is 0 Å². The first-order valence-corrected chi connectivity index (χ1v) is 5.73. The third kappa shape index (κ3) is 1.68. The van der Waals surface area contributed by atoms with Crippen molar-refractivity contribution >= 4 is 16.9 Å². The van der Waals surface area contributed by atoms with Crippen LogP contribution in [0.25, 0.3) is 11.0 Å². The Balaban J connectivity index is 2.19. The van der Waals surface area contributed by atoms with Crippen LogP contribution in [0.15, 0.2) is 59.6 Å². The number of para-hydroxylation sites is 1. The summed E-state index contributed by atoms with van der Waals surface area (Å²) >= 11 is 0.